The molecule has 2 aliphatic carbocycles. The van der Waals surface area contributed by atoms with E-state index in [2.05, 4.69) is 266 Å². The van der Waals surface area contributed by atoms with Crippen LogP contribution in [-0.2, 0) is 10.8 Å². The fourth-order valence-corrected chi connectivity index (χ4v) is 11.9. The highest BCUT2D eigenvalue weighted by Crippen LogP contribution is 2.66. The van der Waals surface area contributed by atoms with Crippen molar-refractivity contribution in [3.8, 4) is 22.3 Å². The molecular formula is C64H43N. The minimum Gasteiger partial charge on any atom is -0.309 e. The zero-order valence-corrected chi connectivity index (χ0v) is 35.8. The Bertz CT molecular complexity index is 3500. The third-order valence-electron chi connectivity index (χ3n) is 14.4. The van der Waals surface area contributed by atoms with Gasteiger partial charge in [0.05, 0.1) is 22.2 Å². The van der Waals surface area contributed by atoms with Crippen molar-refractivity contribution in [3.05, 3.63) is 305 Å². The van der Waals surface area contributed by atoms with Gasteiger partial charge >= 0.3 is 0 Å². The smallest absolute Gasteiger partial charge is 0.0720 e. The lowest BCUT2D eigenvalue weighted by molar-refractivity contribution is 0.623. The van der Waals surface area contributed by atoms with E-state index in [0.29, 0.717) is 0 Å². The number of hydrogen-bond donors (Lipinski definition) is 0. The Morgan fingerprint density at radius 2 is 0.692 bits per heavy atom. The molecule has 0 bridgehead atoms. The van der Waals surface area contributed by atoms with Crippen LogP contribution < -0.4 is 4.90 Å². The zero-order valence-electron chi connectivity index (χ0n) is 35.8. The molecule has 0 heterocycles. The molecule has 65 heavy (non-hydrogen) atoms. The maximum absolute atomic E-state index is 2.52. The van der Waals surface area contributed by atoms with Gasteiger partial charge in [-0.05, 0) is 102 Å². The van der Waals surface area contributed by atoms with Crippen molar-refractivity contribution in [1.82, 2.24) is 0 Å². The summed E-state index contributed by atoms with van der Waals surface area (Å²) in [7, 11) is 0. The SMILES string of the molecule is c1ccc(C2(c3ccccc3)c3ccccc3C3(c4ccccc4-c4c(N(c5ccc(-c6cccc7ccccc67)cc5)c5cccc6ccccc56)cccc43)c3ccccc32)cc1. The minimum absolute atomic E-state index is 0.558. The van der Waals surface area contributed by atoms with Gasteiger partial charge in [0, 0.05) is 16.6 Å². The first kappa shape index (κ1) is 37.3. The van der Waals surface area contributed by atoms with Gasteiger partial charge < -0.3 is 4.90 Å². The maximum atomic E-state index is 2.52. The van der Waals surface area contributed by atoms with Gasteiger partial charge in [-0.25, -0.2) is 0 Å². The number of nitrogens with zero attached hydrogens (tertiary/aromatic N) is 1. The number of hydrogen-bond acceptors (Lipinski definition) is 1. The quantitative estimate of drug-likeness (QED) is 0.161. The summed E-state index contributed by atoms with van der Waals surface area (Å²) in [5, 5.41) is 4.92. The fourth-order valence-electron chi connectivity index (χ4n) is 11.9. The van der Waals surface area contributed by atoms with Crippen LogP contribution in [0.25, 0.3) is 43.8 Å². The molecule has 304 valence electrons. The van der Waals surface area contributed by atoms with Gasteiger partial charge in [-0.15, -0.1) is 0 Å². The molecule has 0 unspecified atom stereocenters. The molecule has 0 radical (unpaired) electrons. The maximum Gasteiger partial charge on any atom is 0.0720 e. The average molecular weight is 826 g/mol. The van der Waals surface area contributed by atoms with Gasteiger partial charge in [0.15, 0.2) is 0 Å². The Balaban J connectivity index is 1.11. The molecule has 1 spiro atoms. The first-order chi connectivity index (χ1) is 32.3. The fraction of sp³-hybridized carbons (Fsp3) is 0.0312. The van der Waals surface area contributed by atoms with Crippen LogP contribution in [0, 0.1) is 0 Å². The minimum atomic E-state index is -0.606. The summed E-state index contributed by atoms with van der Waals surface area (Å²) in [6, 6.07) is 97.2. The molecule has 0 saturated carbocycles. The second-order valence-electron chi connectivity index (χ2n) is 17.5. The van der Waals surface area contributed by atoms with Crippen LogP contribution >= 0.6 is 0 Å². The van der Waals surface area contributed by atoms with E-state index in [-0.39, 0.29) is 0 Å². The molecule has 11 aromatic carbocycles. The molecule has 13 rings (SSSR count). The lowest BCUT2D eigenvalue weighted by Crippen LogP contribution is -2.44. The van der Waals surface area contributed by atoms with Crippen molar-refractivity contribution in [3.63, 3.8) is 0 Å². The number of fused-ring (bicyclic) bond motifs is 11. The lowest BCUT2D eigenvalue weighted by atomic mass is 9.51. The van der Waals surface area contributed by atoms with E-state index in [1.807, 2.05) is 0 Å². The van der Waals surface area contributed by atoms with E-state index in [1.54, 1.807) is 0 Å². The highest BCUT2D eigenvalue weighted by atomic mass is 15.1. The van der Waals surface area contributed by atoms with Gasteiger partial charge in [-0.3, -0.25) is 0 Å². The molecule has 0 N–H and O–H groups in total. The van der Waals surface area contributed by atoms with Gasteiger partial charge in [0.1, 0.15) is 0 Å². The second-order valence-corrected chi connectivity index (χ2v) is 17.5. The summed E-state index contributed by atoms with van der Waals surface area (Å²) < 4.78 is 0. The largest absolute Gasteiger partial charge is 0.309 e. The first-order valence-electron chi connectivity index (χ1n) is 22.7. The van der Waals surface area contributed by atoms with Crippen LogP contribution in [0.15, 0.2) is 261 Å². The monoisotopic (exact) mass is 825 g/mol. The zero-order chi connectivity index (χ0) is 43.0. The molecule has 0 saturated heterocycles. The predicted octanol–water partition coefficient (Wildman–Crippen LogP) is 16.2. The van der Waals surface area contributed by atoms with Crippen LogP contribution in [0.1, 0.15) is 44.5 Å². The van der Waals surface area contributed by atoms with Gasteiger partial charge in [-0.2, -0.15) is 0 Å². The van der Waals surface area contributed by atoms with Crippen LogP contribution in [0.4, 0.5) is 17.1 Å². The molecule has 11 aromatic rings. The summed E-state index contributed by atoms with van der Waals surface area (Å²) in [4.78, 5) is 2.52. The topological polar surface area (TPSA) is 3.24 Å². The van der Waals surface area contributed by atoms with E-state index in [4.69, 9.17) is 0 Å². The van der Waals surface area contributed by atoms with Crippen molar-refractivity contribution in [1.29, 1.82) is 0 Å². The van der Waals surface area contributed by atoms with Gasteiger partial charge in [0.25, 0.3) is 0 Å². The normalized spacial score (nSPS) is 13.8. The van der Waals surface area contributed by atoms with Crippen LogP contribution in [0.3, 0.4) is 0 Å². The number of rotatable bonds is 6. The summed E-state index contributed by atoms with van der Waals surface area (Å²) in [5.74, 6) is 0. The van der Waals surface area contributed by atoms with Crippen LogP contribution in [0.5, 0.6) is 0 Å². The molecular weight excluding hydrogens is 783 g/mol. The van der Waals surface area contributed by atoms with Crippen molar-refractivity contribution >= 4 is 38.6 Å². The Labute approximate surface area is 380 Å². The van der Waals surface area contributed by atoms with E-state index in [1.165, 1.54) is 88.3 Å². The standard InChI is InChI=1S/C64H43N/c1-3-24-47(25-4-1)63(48-26-5-2-6-27-48)55-33-13-15-35-57(55)64(58-36-16-14-34-56(58)63)54-32-12-11-30-53(54)62-59(64)37-19-39-61(62)65(60-38-18-23-45-21-8-10-29-52(45)60)49-42-40-46(41-43-49)51-31-17-22-44-20-7-9-28-50(44)51/h1-43H. The Hall–Kier alpha value is -8.26. The molecule has 2 aliphatic rings. The third-order valence-corrected chi connectivity index (χ3v) is 14.4. The van der Waals surface area contributed by atoms with E-state index < -0.39 is 10.8 Å². The van der Waals surface area contributed by atoms with E-state index in [9.17, 15) is 0 Å². The van der Waals surface area contributed by atoms with Crippen molar-refractivity contribution < 1.29 is 0 Å². The summed E-state index contributed by atoms with van der Waals surface area (Å²) >= 11 is 0. The van der Waals surface area contributed by atoms with Gasteiger partial charge in [-0.1, -0.05) is 237 Å². The van der Waals surface area contributed by atoms with Crippen LogP contribution in [-0.4, -0.2) is 0 Å². The van der Waals surface area contributed by atoms with Crippen LogP contribution in [0.2, 0.25) is 0 Å². The Morgan fingerprint density at radius 1 is 0.262 bits per heavy atom. The highest BCUT2D eigenvalue weighted by molar-refractivity contribution is 6.04. The van der Waals surface area contributed by atoms with E-state index >= 15 is 0 Å². The summed E-state index contributed by atoms with van der Waals surface area (Å²) in [5.41, 5.74) is 17.5. The molecule has 1 heteroatoms. The molecule has 0 amide bonds. The summed E-state index contributed by atoms with van der Waals surface area (Å²) in [6.45, 7) is 0. The van der Waals surface area contributed by atoms with Crippen molar-refractivity contribution in [2.24, 2.45) is 0 Å². The van der Waals surface area contributed by atoms with Gasteiger partial charge in [0.2, 0.25) is 0 Å². The third kappa shape index (κ3) is 5.27. The molecule has 0 fully saturated rings. The molecule has 1 nitrogen and oxygen atoms in total. The molecule has 0 atom stereocenters. The Kier molecular flexibility index (Phi) is 8.41. The molecule has 0 aromatic heterocycles. The van der Waals surface area contributed by atoms with Crippen molar-refractivity contribution in [2.45, 2.75) is 10.8 Å². The predicted molar refractivity (Wildman–Crippen MR) is 271 cm³/mol. The number of benzene rings is 11. The summed E-state index contributed by atoms with van der Waals surface area (Å²) in [6.07, 6.45) is 0. The number of anilines is 3. The molecule has 0 aliphatic heterocycles. The highest BCUT2D eigenvalue weighted by Gasteiger charge is 2.57. The Morgan fingerprint density at radius 3 is 1.34 bits per heavy atom. The lowest BCUT2D eigenvalue weighted by Gasteiger charge is -2.50. The van der Waals surface area contributed by atoms with Crippen molar-refractivity contribution in [2.75, 3.05) is 4.90 Å². The second kappa shape index (κ2) is 14.7. The first-order valence-corrected chi connectivity index (χ1v) is 22.7. The average Bonchev–Trinajstić information content (AvgIpc) is 3.69. The van der Waals surface area contributed by atoms with E-state index in [0.717, 1.165) is 17.1 Å².